The number of piperidine rings is 1. The molecule has 2 aliphatic heterocycles. The van der Waals surface area contributed by atoms with E-state index in [-0.39, 0.29) is 30.0 Å². The molecular weight excluding hydrogens is 388 g/mol. The van der Waals surface area contributed by atoms with Gasteiger partial charge in [0.05, 0.1) is 4.91 Å². The number of aliphatic hydroxyl groups is 1. The maximum absolute atomic E-state index is 12.7. The van der Waals surface area contributed by atoms with Crippen LogP contribution in [0.4, 0.5) is 4.79 Å². The van der Waals surface area contributed by atoms with Crippen LogP contribution in [-0.4, -0.2) is 57.7 Å². The van der Waals surface area contributed by atoms with Gasteiger partial charge in [0, 0.05) is 24.2 Å². The molecule has 2 heterocycles. The third-order valence-corrected chi connectivity index (χ3v) is 6.02. The monoisotopic (exact) mass is 408 g/mol. The van der Waals surface area contributed by atoms with E-state index in [0.29, 0.717) is 23.6 Å². The molecule has 0 aliphatic carbocycles. The van der Waals surface area contributed by atoms with Crippen LogP contribution >= 0.6 is 23.4 Å². The predicted octanol–water partition coefficient (Wildman–Crippen LogP) is 3.14. The fourth-order valence-corrected chi connectivity index (χ4v) is 4.39. The number of likely N-dealkylation sites (tertiary alicyclic amines) is 1. The highest BCUT2D eigenvalue weighted by Crippen LogP contribution is 2.33. The maximum Gasteiger partial charge on any atom is 0.294 e. The van der Waals surface area contributed by atoms with Crippen molar-refractivity contribution >= 4 is 46.5 Å². The van der Waals surface area contributed by atoms with E-state index in [1.165, 1.54) is 0 Å². The Kier molecular flexibility index (Phi) is 6.57. The minimum Gasteiger partial charge on any atom is -0.396 e. The Morgan fingerprint density at radius 2 is 2.07 bits per heavy atom. The first-order chi connectivity index (χ1) is 13.0. The van der Waals surface area contributed by atoms with Crippen molar-refractivity contribution in [1.82, 2.24) is 9.80 Å². The molecule has 1 aromatic rings. The van der Waals surface area contributed by atoms with Gasteiger partial charge in [-0.15, -0.1) is 0 Å². The van der Waals surface area contributed by atoms with Crippen LogP contribution < -0.4 is 0 Å². The highest BCUT2D eigenvalue weighted by Gasteiger charge is 2.38. The Morgan fingerprint density at radius 3 is 2.81 bits per heavy atom. The Bertz CT molecular complexity index is 781. The van der Waals surface area contributed by atoms with Crippen molar-refractivity contribution in [3.63, 3.8) is 0 Å². The molecule has 3 rings (SSSR count). The number of aliphatic hydroxyl groups excluding tert-OH is 1. The van der Waals surface area contributed by atoms with Crippen LogP contribution in [0.1, 0.15) is 31.2 Å². The number of rotatable bonds is 5. The second kappa shape index (κ2) is 8.91. The van der Waals surface area contributed by atoms with Gasteiger partial charge in [-0.1, -0.05) is 29.8 Å². The lowest BCUT2D eigenvalue weighted by atomic mass is 9.99. The summed E-state index contributed by atoms with van der Waals surface area (Å²) in [6.45, 7) is 0.332. The summed E-state index contributed by atoms with van der Waals surface area (Å²) in [6, 6.07) is 7.01. The summed E-state index contributed by atoms with van der Waals surface area (Å²) in [6.07, 6.45) is 4.83. The number of hydrogen-bond donors (Lipinski definition) is 1. The minimum absolute atomic E-state index is 0.0105. The van der Waals surface area contributed by atoms with Gasteiger partial charge < -0.3 is 10.0 Å². The van der Waals surface area contributed by atoms with E-state index in [0.717, 1.165) is 35.9 Å². The number of halogens is 1. The largest absolute Gasteiger partial charge is 0.396 e. The smallest absolute Gasteiger partial charge is 0.294 e. The first-order valence-corrected chi connectivity index (χ1v) is 10.1. The molecule has 0 radical (unpaired) electrons. The number of hydrogen-bond acceptors (Lipinski definition) is 5. The fourth-order valence-electron chi connectivity index (χ4n) is 3.37. The molecule has 6 nitrogen and oxygen atoms in total. The van der Waals surface area contributed by atoms with Gasteiger partial charge in [0.15, 0.2) is 0 Å². The van der Waals surface area contributed by atoms with Gasteiger partial charge in [-0.05, 0) is 55.2 Å². The van der Waals surface area contributed by atoms with Gasteiger partial charge in [-0.2, -0.15) is 0 Å². The molecule has 0 aromatic heterocycles. The summed E-state index contributed by atoms with van der Waals surface area (Å²) in [7, 11) is 0. The molecule has 27 heavy (non-hydrogen) atoms. The lowest BCUT2D eigenvalue weighted by Gasteiger charge is -2.36. The second-order valence-electron chi connectivity index (χ2n) is 6.54. The van der Waals surface area contributed by atoms with E-state index in [1.807, 2.05) is 0 Å². The quantitative estimate of drug-likeness (QED) is 0.757. The van der Waals surface area contributed by atoms with E-state index in [1.54, 1.807) is 35.2 Å². The normalized spacial score (nSPS) is 22.0. The molecule has 0 bridgehead atoms. The van der Waals surface area contributed by atoms with Gasteiger partial charge in [-0.3, -0.25) is 19.3 Å². The Hall–Kier alpha value is -1.83. The van der Waals surface area contributed by atoms with Gasteiger partial charge in [-0.25, -0.2) is 0 Å². The summed E-state index contributed by atoms with van der Waals surface area (Å²) in [5.74, 6) is -0.733. The molecule has 0 saturated carbocycles. The second-order valence-corrected chi connectivity index (χ2v) is 7.94. The highest BCUT2D eigenvalue weighted by atomic mass is 35.5. The molecule has 2 aliphatic rings. The van der Waals surface area contributed by atoms with E-state index < -0.39 is 11.1 Å². The van der Waals surface area contributed by atoms with Crippen molar-refractivity contribution in [2.75, 3.05) is 19.7 Å². The lowest BCUT2D eigenvalue weighted by Crippen LogP contribution is -2.49. The maximum atomic E-state index is 12.7. The summed E-state index contributed by atoms with van der Waals surface area (Å²) in [5, 5.41) is 9.24. The van der Waals surface area contributed by atoms with E-state index in [4.69, 9.17) is 11.6 Å². The van der Waals surface area contributed by atoms with Crippen LogP contribution in [0.5, 0.6) is 0 Å². The third-order valence-electron chi connectivity index (χ3n) is 4.77. The Labute approximate surface area is 167 Å². The molecule has 1 N–H and O–H groups in total. The molecule has 3 amide bonds. The molecule has 144 valence electrons. The van der Waals surface area contributed by atoms with Crippen LogP contribution in [0, 0.1) is 0 Å². The minimum atomic E-state index is -0.478. The SMILES string of the molecule is O=C1S/C(=C\c2ccccc2Cl)C(=O)N1CC(=O)N1CCCCC1CCO. The summed E-state index contributed by atoms with van der Waals surface area (Å²) in [5.41, 5.74) is 0.648. The highest BCUT2D eigenvalue weighted by molar-refractivity contribution is 8.18. The zero-order valence-corrected chi connectivity index (χ0v) is 16.3. The lowest BCUT2D eigenvalue weighted by molar-refractivity contribution is -0.139. The molecule has 1 unspecified atom stereocenters. The number of benzene rings is 1. The standard InChI is InChI=1S/C19H21ClN2O4S/c20-15-7-2-1-5-13(15)11-16-18(25)22(19(26)27-16)12-17(24)21-9-4-3-6-14(21)8-10-23/h1-2,5,7,11,14,23H,3-4,6,8-10,12H2/b16-11-. The summed E-state index contributed by atoms with van der Waals surface area (Å²) in [4.78, 5) is 40.5. The van der Waals surface area contributed by atoms with Gasteiger partial charge in [0.2, 0.25) is 5.91 Å². The number of amides is 3. The molecule has 1 aromatic carbocycles. The fraction of sp³-hybridized carbons (Fsp3) is 0.421. The van der Waals surface area contributed by atoms with Crippen molar-refractivity contribution in [3.8, 4) is 0 Å². The predicted molar refractivity (Wildman–Crippen MR) is 105 cm³/mol. The van der Waals surface area contributed by atoms with Gasteiger partial charge in [0.25, 0.3) is 11.1 Å². The average molecular weight is 409 g/mol. The number of nitrogens with zero attached hydrogens (tertiary/aromatic N) is 2. The van der Waals surface area contributed by atoms with E-state index >= 15 is 0 Å². The van der Waals surface area contributed by atoms with Crippen LogP contribution in [-0.2, 0) is 9.59 Å². The zero-order chi connectivity index (χ0) is 19.4. The van der Waals surface area contributed by atoms with Crippen molar-refractivity contribution in [3.05, 3.63) is 39.8 Å². The van der Waals surface area contributed by atoms with Crippen molar-refractivity contribution < 1.29 is 19.5 Å². The van der Waals surface area contributed by atoms with Crippen LogP contribution in [0.2, 0.25) is 5.02 Å². The molecule has 8 heteroatoms. The molecule has 1 atom stereocenters. The first kappa shape index (κ1) is 19.9. The van der Waals surface area contributed by atoms with Crippen molar-refractivity contribution in [1.29, 1.82) is 0 Å². The van der Waals surface area contributed by atoms with E-state index in [9.17, 15) is 19.5 Å². The topological polar surface area (TPSA) is 77.9 Å². The number of carbonyl (C=O) groups excluding carboxylic acids is 3. The van der Waals surface area contributed by atoms with Crippen LogP contribution in [0.3, 0.4) is 0 Å². The van der Waals surface area contributed by atoms with Crippen LogP contribution in [0.25, 0.3) is 6.08 Å². The number of carbonyl (C=O) groups is 3. The van der Waals surface area contributed by atoms with Gasteiger partial charge in [0.1, 0.15) is 6.54 Å². The summed E-state index contributed by atoms with van der Waals surface area (Å²) >= 11 is 6.92. The average Bonchev–Trinajstić information content (AvgIpc) is 2.92. The van der Waals surface area contributed by atoms with Crippen molar-refractivity contribution in [2.24, 2.45) is 0 Å². The molecule has 2 saturated heterocycles. The number of thioether (sulfide) groups is 1. The Morgan fingerprint density at radius 1 is 1.30 bits per heavy atom. The molecule has 2 fully saturated rings. The molecular formula is C19H21ClN2O4S. The van der Waals surface area contributed by atoms with E-state index in [2.05, 4.69) is 0 Å². The summed E-state index contributed by atoms with van der Waals surface area (Å²) < 4.78 is 0. The zero-order valence-electron chi connectivity index (χ0n) is 14.8. The first-order valence-electron chi connectivity index (χ1n) is 8.91. The van der Waals surface area contributed by atoms with Gasteiger partial charge >= 0.3 is 0 Å². The number of imide groups is 1. The van der Waals surface area contributed by atoms with Crippen LogP contribution in [0.15, 0.2) is 29.2 Å². The Balaban J connectivity index is 1.72. The molecule has 0 spiro atoms. The van der Waals surface area contributed by atoms with Crippen molar-refractivity contribution in [2.45, 2.75) is 31.7 Å². The third kappa shape index (κ3) is 4.54.